The van der Waals surface area contributed by atoms with E-state index in [9.17, 15) is 13.2 Å². The Bertz CT molecular complexity index is 996. The second-order valence-corrected chi connectivity index (χ2v) is 8.83. The zero-order valence-electron chi connectivity index (χ0n) is 15.7. The molecule has 0 fully saturated rings. The molecule has 2 aromatic carbocycles. The molecule has 0 spiro atoms. The van der Waals surface area contributed by atoms with E-state index in [-0.39, 0.29) is 18.3 Å². The monoisotopic (exact) mass is 424 g/mol. The summed E-state index contributed by atoms with van der Waals surface area (Å²) in [5, 5.41) is 3.24. The van der Waals surface area contributed by atoms with E-state index in [2.05, 4.69) is 5.32 Å². The summed E-state index contributed by atoms with van der Waals surface area (Å²) in [7, 11) is -2.06. The summed E-state index contributed by atoms with van der Waals surface area (Å²) in [6, 6.07) is 11.6. The summed E-state index contributed by atoms with van der Waals surface area (Å²) in [5.74, 6) is 0.511. The van der Waals surface area contributed by atoms with Crippen LogP contribution in [0.5, 0.6) is 11.5 Å². The van der Waals surface area contributed by atoms with Crippen LogP contribution in [0.25, 0.3) is 0 Å². The van der Waals surface area contributed by atoms with E-state index in [1.165, 1.54) is 6.07 Å². The van der Waals surface area contributed by atoms with Gasteiger partial charge in [-0.15, -0.1) is 0 Å². The lowest BCUT2D eigenvalue weighted by molar-refractivity contribution is -0.128. The number of fused-ring (bicyclic) bond motifs is 1. The highest BCUT2D eigenvalue weighted by Gasteiger charge is 2.35. The predicted molar refractivity (Wildman–Crippen MR) is 108 cm³/mol. The molecule has 1 aliphatic heterocycles. The van der Waals surface area contributed by atoms with E-state index in [4.69, 9.17) is 21.1 Å². The molecule has 3 rings (SSSR count). The molecule has 0 unspecified atom stereocenters. The zero-order chi connectivity index (χ0) is 20.5. The number of hydrogen-bond donors (Lipinski definition) is 1. The van der Waals surface area contributed by atoms with Gasteiger partial charge in [-0.3, -0.25) is 9.10 Å². The van der Waals surface area contributed by atoms with Gasteiger partial charge in [-0.2, -0.15) is 0 Å². The fourth-order valence-electron chi connectivity index (χ4n) is 3.08. The summed E-state index contributed by atoms with van der Waals surface area (Å²) in [4.78, 5) is 12.8. The van der Waals surface area contributed by atoms with E-state index < -0.39 is 22.0 Å². The molecule has 0 saturated heterocycles. The topological polar surface area (TPSA) is 84.9 Å². The second-order valence-electron chi connectivity index (χ2n) is 6.48. The molecule has 7 nitrogen and oxygen atoms in total. The Hall–Kier alpha value is -2.45. The number of halogens is 1. The zero-order valence-corrected chi connectivity index (χ0v) is 17.3. The summed E-state index contributed by atoms with van der Waals surface area (Å²) in [5.41, 5.74) is 1.12. The van der Waals surface area contributed by atoms with Crippen LogP contribution in [0.2, 0.25) is 5.02 Å². The van der Waals surface area contributed by atoms with Gasteiger partial charge in [0.2, 0.25) is 10.0 Å². The highest BCUT2D eigenvalue weighted by Crippen LogP contribution is 2.37. The van der Waals surface area contributed by atoms with Gasteiger partial charge in [0.05, 0.1) is 31.6 Å². The maximum Gasteiger partial charge on any atom is 0.263 e. The average Bonchev–Trinajstić information content (AvgIpc) is 2.66. The quantitative estimate of drug-likeness (QED) is 0.797. The third-order valence-corrected chi connectivity index (χ3v) is 5.83. The number of para-hydroxylation sites is 1. The molecule has 28 heavy (non-hydrogen) atoms. The molecule has 1 heterocycles. The Morgan fingerprint density at radius 1 is 1.32 bits per heavy atom. The lowest BCUT2D eigenvalue weighted by Crippen LogP contribution is -2.50. The van der Waals surface area contributed by atoms with E-state index in [0.717, 1.165) is 16.1 Å². The standard InChI is InChI=1S/C19H21ClN2O5S/c1-12(14-6-4-5-7-16(14)26-2)21-19(23)18-11-22(28(3,24)25)15-10-13(20)8-9-17(15)27-18/h4-10,12,18H,11H2,1-3H3,(H,21,23)/t12-,18-/m1/s1. The molecule has 1 N–H and O–H groups in total. The Morgan fingerprint density at radius 3 is 2.71 bits per heavy atom. The molecule has 0 aliphatic carbocycles. The smallest absolute Gasteiger partial charge is 0.263 e. The summed E-state index contributed by atoms with van der Waals surface area (Å²) in [6.07, 6.45) is 0.0793. The van der Waals surface area contributed by atoms with Crippen molar-refractivity contribution in [3.05, 3.63) is 53.1 Å². The molecule has 9 heteroatoms. The van der Waals surface area contributed by atoms with Crippen molar-refractivity contribution in [2.45, 2.75) is 19.1 Å². The van der Waals surface area contributed by atoms with Gasteiger partial charge in [-0.05, 0) is 31.2 Å². The predicted octanol–water partition coefficient (Wildman–Crippen LogP) is 2.75. The fraction of sp³-hybridized carbons (Fsp3) is 0.316. The average molecular weight is 425 g/mol. The largest absolute Gasteiger partial charge is 0.496 e. The van der Waals surface area contributed by atoms with Gasteiger partial charge >= 0.3 is 0 Å². The van der Waals surface area contributed by atoms with Gasteiger partial charge < -0.3 is 14.8 Å². The van der Waals surface area contributed by atoms with Crippen LogP contribution in [-0.4, -0.2) is 40.3 Å². The van der Waals surface area contributed by atoms with Crippen molar-refractivity contribution in [3.8, 4) is 11.5 Å². The number of nitrogens with zero attached hydrogens (tertiary/aromatic N) is 1. The minimum absolute atomic E-state index is 0.142. The van der Waals surface area contributed by atoms with Crippen molar-refractivity contribution in [2.24, 2.45) is 0 Å². The van der Waals surface area contributed by atoms with Crippen molar-refractivity contribution in [1.82, 2.24) is 5.32 Å². The fourth-order valence-corrected chi connectivity index (χ4v) is 4.16. The van der Waals surface area contributed by atoms with Crippen LogP contribution in [0.4, 0.5) is 5.69 Å². The number of amides is 1. The second kappa shape index (κ2) is 7.89. The first-order valence-electron chi connectivity index (χ1n) is 8.58. The number of rotatable bonds is 5. The molecular weight excluding hydrogens is 404 g/mol. The third-order valence-electron chi connectivity index (χ3n) is 4.45. The van der Waals surface area contributed by atoms with E-state index in [1.54, 1.807) is 25.3 Å². The van der Waals surface area contributed by atoms with Gasteiger partial charge in [0.25, 0.3) is 5.91 Å². The van der Waals surface area contributed by atoms with Gasteiger partial charge in [0.15, 0.2) is 6.10 Å². The molecule has 2 aromatic rings. The highest BCUT2D eigenvalue weighted by molar-refractivity contribution is 7.92. The van der Waals surface area contributed by atoms with Crippen LogP contribution in [0, 0.1) is 0 Å². The SMILES string of the molecule is COc1ccccc1[C@@H](C)NC(=O)[C@H]1CN(S(C)(=O)=O)c2cc(Cl)ccc2O1. The normalized spacial score (nSPS) is 17.3. The number of hydrogen-bond acceptors (Lipinski definition) is 5. The minimum Gasteiger partial charge on any atom is -0.496 e. The number of carbonyl (C=O) groups is 1. The molecule has 1 aliphatic rings. The maximum atomic E-state index is 12.8. The number of methoxy groups -OCH3 is 1. The van der Waals surface area contributed by atoms with Crippen LogP contribution in [0.3, 0.4) is 0 Å². The Morgan fingerprint density at radius 2 is 2.04 bits per heavy atom. The number of anilines is 1. The van der Waals surface area contributed by atoms with Crippen LogP contribution in [0.15, 0.2) is 42.5 Å². The molecule has 2 atom stereocenters. The molecule has 0 aromatic heterocycles. The lowest BCUT2D eigenvalue weighted by Gasteiger charge is -2.34. The van der Waals surface area contributed by atoms with Gasteiger partial charge in [-0.1, -0.05) is 29.8 Å². The molecule has 0 saturated carbocycles. The molecular formula is C19H21ClN2O5S. The number of benzene rings is 2. The van der Waals surface area contributed by atoms with Gasteiger partial charge in [0, 0.05) is 10.6 Å². The van der Waals surface area contributed by atoms with Crippen molar-refractivity contribution in [2.75, 3.05) is 24.2 Å². The Labute approximate surface area is 169 Å². The van der Waals surface area contributed by atoms with Crippen molar-refractivity contribution >= 4 is 33.2 Å². The van der Waals surface area contributed by atoms with E-state index in [1.807, 2.05) is 25.1 Å². The molecule has 150 valence electrons. The van der Waals surface area contributed by atoms with Crippen molar-refractivity contribution in [3.63, 3.8) is 0 Å². The molecule has 0 bridgehead atoms. The first-order valence-corrected chi connectivity index (χ1v) is 10.8. The van der Waals surface area contributed by atoms with Crippen LogP contribution in [0.1, 0.15) is 18.5 Å². The van der Waals surface area contributed by atoms with Crippen molar-refractivity contribution < 1.29 is 22.7 Å². The number of nitrogens with one attached hydrogen (secondary N) is 1. The molecule has 0 radical (unpaired) electrons. The third kappa shape index (κ3) is 4.18. The Balaban J connectivity index is 1.84. The van der Waals surface area contributed by atoms with Crippen LogP contribution >= 0.6 is 11.6 Å². The van der Waals surface area contributed by atoms with Crippen LogP contribution in [-0.2, 0) is 14.8 Å². The van der Waals surface area contributed by atoms with Crippen molar-refractivity contribution in [1.29, 1.82) is 0 Å². The molecule has 1 amide bonds. The Kier molecular flexibility index (Phi) is 5.71. The number of carbonyl (C=O) groups excluding carboxylic acids is 1. The first kappa shape index (κ1) is 20.3. The summed E-state index contributed by atoms with van der Waals surface area (Å²) >= 11 is 5.99. The minimum atomic E-state index is -3.62. The van der Waals surface area contributed by atoms with Gasteiger partial charge in [0.1, 0.15) is 11.5 Å². The summed E-state index contributed by atoms with van der Waals surface area (Å²) < 4.78 is 36.7. The number of sulfonamides is 1. The number of ether oxygens (including phenoxy) is 2. The highest BCUT2D eigenvalue weighted by atomic mass is 35.5. The van der Waals surface area contributed by atoms with E-state index in [0.29, 0.717) is 16.5 Å². The first-order chi connectivity index (χ1) is 13.2. The summed E-state index contributed by atoms with van der Waals surface area (Å²) in [6.45, 7) is 1.68. The van der Waals surface area contributed by atoms with Crippen LogP contribution < -0.4 is 19.1 Å². The van der Waals surface area contributed by atoms with E-state index >= 15 is 0 Å². The maximum absolute atomic E-state index is 12.8. The lowest BCUT2D eigenvalue weighted by atomic mass is 10.1. The van der Waals surface area contributed by atoms with Gasteiger partial charge in [-0.25, -0.2) is 8.42 Å².